The van der Waals surface area contributed by atoms with Crippen LogP contribution in [0.4, 0.5) is 0 Å². The number of hydrogen-bond acceptors (Lipinski definition) is 1. The largest absolute Gasteiger partial charge is 0.496 e. The molecule has 2 rings (SSSR count). The molecule has 1 aromatic rings. The van der Waals surface area contributed by atoms with Crippen LogP contribution in [0.5, 0.6) is 5.75 Å². The molecule has 3 heteroatoms. The molecule has 0 heterocycles. The van der Waals surface area contributed by atoms with Gasteiger partial charge in [-0.25, -0.2) is 0 Å². The molecule has 0 amide bonds. The lowest BCUT2D eigenvalue weighted by molar-refractivity contribution is -0.706. The molecule has 2 nitrogen and oxygen atoms in total. The van der Waals surface area contributed by atoms with Gasteiger partial charge < -0.3 is 10.1 Å². The van der Waals surface area contributed by atoms with Crippen molar-refractivity contribution in [3.05, 3.63) is 28.8 Å². The van der Waals surface area contributed by atoms with Crippen LogP contribution in [0.2, 0.25) is 5.02 Å². The Hall–Kier alpha value is -0.730. The summed E-state index contributed by atoms with van der Waals surface area (Å²) in [6.07, 6.45) is 9.71. The Bertz CT molecular complexity index is 386. The van der Waals surface area contributed by atoms with Gasteiger partial charge in [-0.05, 0) is 43.9 Å². The predicted octanol–water partition coefficient (Wildman–Crippen LogP) is 3.52. The average molecular weight is 283 g/mol. The van der Waals surface area contributed by atoms with Crippen molar-refractivity contribution in [2.75, 3.05) is 7.11 Å². The SMILES string of the molecule is COc1ccc(Cl)cc1C[NH2+]C1CCCCCCC1. The van der Waals surface area contributed by atoms with E-state index in [4.69, 9.17) is 16.3 Å². The smallest absolute Gasteiger partial charge is 0.127 e. The van der Waals surface area contributed by atoms with Crippen molar-refractivity contribution >= 4 is 11.6 Å². The van der Waals surface area contributed by atoms with Crippen LogP contribution >= 0.6 is 11.6 Å². The van der Waals surface area contributed by atoms with Crippen molar-refractivity contribution in [2.24, 2.45) is 0 Å². The summed E-state index contributed by atoms with van der Waals surface area (Å²) in [6, 6.07) is 6.65. The Balaban J connectivity index is 1.91. The summed E-state index contributed by atoms with van der Waals surface area (Å²) in [5.74, 6) is 0.950. The number of quaternary nitrogens is 1. The van der Waals surface area contributed by atoms with Gasteiger partial charge in [0.25, 0.3) is 0 Å². The summed E-state index contributed by atoms with van der Waals surface area (Å²) in [5, 5.41) is 3.27. The zero-order chi connectivity index (χ0) is 13.5. The molecule has 0 aliphatic heterocycles. The van der Waals surface area contributed by atoms with E-state index < -0.39 is 0 Å². The van der Waals surface area contributed by atoms with Gasteiger partial charge in [0.1, 0.15) is 12.3 Å². The zero-order valence-electron chi connectivity index (χ0n) is 11.8. The van der Waals surface area contributed by atoms with Crippen LogP contribution in [0.3, 0.4) is 0 Å². The summed E-state index contributed by atoms with van der Waals surface area (Å²) in [6.45, 7) is 0.967. The van der Waals surface area contributed by atoms with E-state index in [1.54, 1.807) is 7.11 Å². The van der Waals surface area contributed by atoms with E-state index in [-0.39, 0.29) is 0 Å². The fourth-order valence-corrected chi connectivity index (χ4v) is 3.12. The first-order chi connectivity index (χ1) is 9.29. The molecule has 2 N–H and O–H groups in total. The summed E-state index contributed by atoms with van der Waals surface area (Å²) < 4.78 is 5.41. The molecule has 0 aromatic heterocycles. The summed E-state index contributed by atoms with van der Waals surface area (Å²) in [7, 11) is 1.72. The van der Waals surface area contributed by atoms with E-state index in [0.29, 0.717) is 0 Å². The number of halogens is 1. The third-order valence-electron chi connectivity index (χ3n) is 4.06. The molecule has 19 heavy (non-hydrogen) atoms. The maximum Gasteiger partial charge on any atom is 0.127 e. The molecule has 1 aromatic carbocycles. The first-order valence-electron chi connectivity index (χ1n) is 7.45. The molecule has 106 valence electrons. The van der Waals surface area contributed by atoms with E-state index in [0.717, 1.165) is 23.4 Å². The van der Waals surface area contributed by atoms with E-state index in [1.807, 2.05) is 18.2 Å². The molecule has 0 bridgehead atoms. The number of rotatable bonds is 4. The van der Waals surface area contributed by atoms with Gasteiger partial charge in [-0.1, -0.05) is 30.9 Å². The summed E-state index contributed by atoms with van der Waals surface area (Å²) in [5.41, 5.74) is 1.21. The monoisotopic (exact) mass is 282 g/mol. The molecule has 1 aliphatic carbocycles. The van der Waals surface area contributed by atoms with Crippen LogP contribution in [0.1, 0.15) is 50.5 Å². The molecule has 1 saturated carbocycles. The van der Waals surface area contributed by atoms with Gasteiger partial charge in [0.15, 0.2) is 0 Å². The standard InChI is InChI=1S/C16H24ClNO/c1-19-16-10-9-14(17)11-13(16)12-18-15-7-5-3-2-4-6-8-15/h9-11,15,18H,2-8,12H2,1H3/p+1. The van der Waals surface area contributed by atoms with Crippen molar-refractivity contribution in [2.45, 2.75) is 57.5 Å². The van der Waals surface area contributed by atoms with Crippen LogP contribution in [-0.4, -0.2) is 13.2 Å². The Morgan fingerprint density at radius 1 is 1.16 bits per heavy atom. The van der Waals surface area contributed by atoms with Crippen molar-refractivity contribution in [3.63, 3.8) is 0 Å². The van der Waals surface area contributed by atoms with E-state index in [9.17, 15) is 0 Å². The van der Waals surface area contributed by atoms with Crippen molar-refractivity contribution in [1.29, 1.82) is 0 Å². The number of benzene rings is 1. The second kappa shape index (κ2) is 7.76. The van der Waals surface area contributed by atoms with Crippen molar-refractivity contribution < 1.29 is 10.1 Å². The van der Waals surface area contributed by atoms with Gasteiger partial charge in [-0.15, -0.1) is 0 Å². The highest BCUT2D eigenvalue weighted by molar-refractivity contribution is 6.30. The number of nitrogens with two attached hydrogens (primary N) is 1. The Morgan fingerprint density at radius 2 is 1.84 bits per heavy atom. The van der Waals surface area contributed by atoms with Crippen LogP contribution < -0.4 is 10.1 Å². The number of hydrogen-bond donors (Lipinski definition) is 1. The molecule has 0 atom stereocenters. The highest BCUT2D eigenvalue weighted by Gasteiger charge is 2.15. The minimum absolute atomic E-state index is 0.768. The first-order valence-corrected chi connectivity index (χ1v) is 7.83. The van der Waals surface area contributed by atoms with Gasteiger partial charge in [0.2, 0.25) is 0 Å². The lowest BCUT2D eigenvalue weighted by Gasteiger charge is -2.19. The highest BCUT2D eigenvalue weighted by Crippen LogP contribution is 2.22. The lowest BCUT2D eigenvalue weighted by atomic mass is 9.96. The van der Waals surface area contributed by atoms with Crippen LogP contribution in [0.25, 0.3) is 0 Å². The van der Waals surface area contributed by atoms with Crippen LogP contribution in [0, 0.1) is 0 Å². The van der Waals surface area contributed by atoms with Gasteiger partial charge in [0.05, 0.1) is 13.2 Å². The van der Waals surface area contributed by atoms with Crippen molar-refractivity contribution in [3.8, 4) is 5.75 Å². The third kappa shape index (κ3) is 4.70. The molecule has 0 spiro atoms. The fraction of sp³-hybridized carbons (Fsp3) is 0.625. The number of ether oxygens (including phenoxy) is 1. The van der Waals surface area contributed by atoms with Gasteiger partial charge >= 0.3 is 0 Å². The molecular formula is C16H25ClNO+. The zero-order valence-corrected chi connectivity index (χ0v) is 12.6. The minimum Gasteiger partial charge on any atom is -0.496 e. The second-order valence-electron chi connectivity index (χ2n) is 5.50. The molecule has 1 fully saturated rings. The third-order valence-corrected chi connectivity index (χ3v) is 4.30. The lowest BCUT2D eigenvalue weighted by Crippen LogP contribution is -2.88. The van der Waals surface area contributed by atoms with Crippen molar-refractivity contribution in [1.82, 2.24) is 0 Å². The second-order valence-corrected chi connectivity index (χ2v) is 5.94. The molecule has 1 aliphatic rings. The van der Waals surface area contributed by atoms with Gasteiger partial charge in [0, 0.05) is 10.6 Å². The average Bonchev–Trinajstić information content (AvgIpc) is 2.37. The molecule has 0 saturated heterocycles. The Kier molecular flexibility index (Phi) is 5.99. The normalized spacial score (nSPS) is 17.8. The van der Waals surface area contributed by atoms with E-state index in [2.05, 4.69) is 5.32 Å². The summed E-state index contributed by atoms with van der Waals surface area (Å²) >= 11 is 6.07. The fourth-order valence-electron chi connectivity index (χ4n) is 2.92. The maximum atomic E-state index is 6.07. The Labute approximate surface area is 121 Å². The van der Waals surface area contributed by atoms with Gasteiger partial charge in [-0.2, -0.15) is 0 Å². The molecule has 0 unspecified atom stereocenters. The number of methoxy groups -OCH3 is 1. The van der Waals surface area contributed by atoms with Crippen LogP contribution in [0.15, 0.2) is 18.2 Å². The maximum absolute atomic E-state index is 6.07. The molecule has 0 radical (unpaired) electrons. The Morgan fingerprint density at radius 3 is 2.53 bits per heavy atom. The van der Waals surface area contributed by atoms with Gasteiger partial charge in [-0.3, -0.25) is 0 Å². The molecular weight excluding hydrogens is 258 g/mol. The van der Waals surface area contributed by atoms with E-state index >= 15 is 0 Å². The van der Waals surface area contributed by atoms with Crippen LogP contribution in [-0.2, 0) is 6.54 Å². The summed E-state index contributed by atoms with van der Waals surface area (Å²) in [4.78, 5) is 0. The predicted molar refractivity (Wildman–Crippen MR) is 79.7 cm³/mol. The van der Waals surface area contributed by atoms with E-state index in [1.165, 1.54) is 50.5 Å². The highest BCUT2D eigenvalue weighted by atomic mass is 35.5. The first kappa shape index (κ1) is 14.7. The topological polar surface area (TPSA) is 25.8 Å². The quantitative estimate of drug-likeness (QED) is 0.898. The minimum atomic E-state index is 0.768.